The molecule has 1 saturated heterocycles. The molecule has 0 aliphatic carbocycles. The Morgan fingerprint density at radius 1 is 1.26 bits per heavy atom. The molecule has 8 heteroatoms. The maximum absolute atomic E-state index is 13.6. The molecule has 27 heavy (non-hydrogen) atoms. The number of nitrogens with zero attached hydrogens (tertiary/aromatic N) is 3. The number of aromatic nitrogens is 2. The van der Waals surface area contributed by atoms with Crippen LogP contribution in [0.2, 0.25) is 0 Å². The number of nitrogens with one attached hydrogen (secondary N) is 2. The predicted octanol–water partition coefficient (Wildman–Crippen LogP) is 2.72. The van der Waals surface area contributed by atoms with E-state index in [1.165, 1.54) is 0 Å². The van der Waals surface area contributed by atoms with Crippen LogP contribution in [0.4, 0.5) is 20.5 Å². The zero-order valence-electron chi connectivity index (χ0n) is 15.2. The molecule has 2 aromatic rings. The SMILES string of the molecule is CNc1nccc(N2CCC(CC(=O)NCc3cc(F)ccc3F)CC2)n1. The number of benzene rings is 1. The van der Waals surface area contributed by atoms with Crippen LogP contribution >= 0.6 is 0 Å². The number of hydrogen-bond donors (Lipinski definition) is 2. The van der Waals surface area contributed by atoms with E-state index in [1.807, 2.05) is 6.07 Å². The summed E-state index contributed by atoms with van der Waals surface area (Å²) in [5.74, 6) is 0.549. The Morgan fingerprint density at radius 3 is 2.78 bits per heavy atom. The van der Waals surface area contributed by atoms with Crippen LogP contribution in [0.25, 0.3) is 0 Å². The number of carbonyl (C=O) groups excluding carboxylic acids is 1. The van der Waals surface area contributed by atoms with E-state index in [4.69, 9.17) is 0 Å². The maximum atomic E-state index is 13.6. The lowest BCUT2D eigenvalue weighted by Gasteiger charge is -2.32. The minimum absolute atomic E-state index is 0.00496. The van der Waals surface area contributed by atoms with Gasteiger partial charge < -0.3 is 15.5 Å². The molecule has 1 aromatic carbocycles. The number of anilines is 2. The Kier molecular flexibility index (Phi) is 6.16. The second kappa shape index (κ2) is 8.75. The number of piperidine rings is 1. The molecule has 0 saturated carbocycles. The third-order valence-electron chi connectivity index (χ3n) is 4.76. The van der Waals surface area contributed by atoms with Gasteiger partial charge in [-0.2, -0.15) is 4.98 Å². The van der Waals surface area contributed by atoms with Gasteiger partial charge in [0.15, 0.2) is 0 Å². The lowest BCUT2D eigenvalue weighted by Crippen LogP contribution is -2.36. The van der Waals surface area contributed by atoms with Crippen LogP contribution in [-0.4, -0.2) is 36.0 Å². The fraction of sp³-hybridized carbons (Fsp3) is 0.421. The first kappa shape index (κ1) is 19.0. The van der Waals surface area contributed by atoms with E-state index in [2.05, 4.69) is 25.5 Å². The highest BCUT2D eigenvalue weighted by molar-refractivity contribution is 5.76. The summed E-state index contributed by atoms with van der Waals surface area (Å²) in [7, 11) is 1.78. The molecule has 0 bridgehead atoms. The van der Waals surface area contributed by atoms with Crippen molar-refractivity contribution in [3.05, 3.63) is 47.7 Å². The zero-order valence-corrected chi connectivity index (χ0v) is 15.2. The van der Waals surface area contributed by atoms with Crippen molar-refractivity contribution in [2.75, 3.05) is 30.4 Å². The molecule has 0 unspecified atom stereocenters. The molecule has 0 spiro atoms. The van der Waals surface area contributed by atoms with E-state index < -0.39 is 11.6 Å². The van der Waals surface area contributed by atoms with Crippen molar-refractivity contribution in [1.82, 2.24) is 15.3 Å². The van der Waals surface area contributed by atoms with Gasteiger partial charge in [0, 0.05) is 44.9 Å². The van der Waals surface area contributed by atoms with E-state index >= 15 is 0 Å². The summed E-state index contributed by atoms with van der Waals surface area (Å²) in [5.41, 5.74) is 0.155. The highest BCUT2D eigenvalue weighted by atomic mass is 19.1. The molecule has 1 fully saturated rings. The molecule has 144 valence electrons. The van der Waals surface area contributed by atoms with Crippen LogP contribution in [-0.2, 0) is 11.3 Å². The van der Waals surface area contributed by atoms with Crippen LogP contribution < -0.4 is 15.5 Å². The predicted molar refractivity (Wildman–Crippen MR) is 99.3 cm³/mol. The summed E-state index contributed by atoms with van der Waals surface area (Å²) in [4.78, 5) is 22.9. The van der Waals surface area contributed by atoms with Crippen molar-refractivity contribution in [2.24, 2.45) is 5.92 Å². The third kappa shape index (κ3) is 5.12. The van der Waals surface area contributed by atoms with E-state index in [9.17, 15) is 13.6 Å². The number of hydrogen-bond acceptors (Lipinski definition) is 5. The minimum Gasteiger partial charge on any atom is -0.357 e. The number of carbonyl (C=O) groups is 1. The fourth-order valence-electron chi connectivity index (χ4n) is 3.22. The molecule has 2 N–H and O–H groups in total. The van der Waals surface area contributed by atoms with Crippen LogP contribution in [0.15, 0.2) is 30.5 Å². The molecule has 1 aliphatic heterocycles. The van der Waals surface area contributed by atoms with Crippen molar-refractivity contribution in [3.63, 3.8) is 0 Å². The monoisotopic (exact) mass is 375 g/mol. The fourth-order valence-corrected chi connectivity index (χ4v) is 3.22. The van der Waals surface area contributed by atoms with Gasteiger partial charge in [-0.25, -0.2) is 13.8 Å². The first-order valence-corrected chi connectivity index (χ1v) is 9.01. The van der Waals surface area contributed by atoms with E-state index in [0.29, 0.717) is 12.4 Å². The Labute approximate surface area is 157 Å². The average Bonchev–Trinajstić information content (AvgIpc) is 2.69. The normalized spacial score (nSPS) is 14.9. The van der Waals surface area contributed by atoms with E-state index in [1.54, 1.807) is 13.2 Å². The Bertz CT molecular complexity index is 793. The summed E-state index contributed by atoms with van der Waals surface area (Å²) in [5, 5.41) is 5.61. The average molecular weight is 375 g/mol. The molecular weight excluding hydrogens is 352 g/mol. The lowest BCUT2D eigenvalue weighted by atomic mass is 9.93. The van der Waals surface area contributed by atoms with Gasteiger partial charge in [0.2, 0.25) is 11.9 Å². The minimum atomic E-state index is -0.518. The molecule has 2 heterocycles. The number of halogens is 2. The summed E-state index contributed by atoms with van der Waals surface area (Å²) >= 11 is 0. The summed E-state index contributed by atoms with van der Waals surface area (Å²) < 4.78 is 26.8. The van der Waals surface area contributed by atoms with Crippen LogP contribution in [0.3, 0.4) is 0 Å². The van der Waals surface area contributed by atoms with Gasteiger partial charge in [0.05, 0.1) is 0 Å². The van der Waals surface area contributed by atoms with Crippen molar-refractivity contribution >= 4 is 17.7 Å². The van der Waals surface area contributed by atoms with E-state index in [-0.39, 0.29) is 23.9 Å². The van der Waals surface area contributed by atoms with Crippen molar-refractivity contribution in [3.8, 4) is 0 Å². The Balaban J connectivity index is 1.46. The van der Waals surface area contributed by atoms with Gasteiger partial charge in [-0.05, 0) is 43.0 Å². The molecule has 0 atom stereocenters. The first-order valence-electron chi connectivity index (χ1n) is 9.01. The highest BCUT2D eigenvalue weighted by Gasteiger charge is 2.22. The smallest absolute Gasteiger partial charge is 0.224 e. The van der Waals surface area contributed by atoms with Crippen molar-refractivity contribution in [1.29, 1.82) is 0 Å². The standard InChI is InChI=1S/C19H23F2N5O/c1-22-19-23-7-4-17(25-19)26-8-5-13(6-9-26)10-18(27)24-12-14-11-15(20)2-3-16(14)21/h2-4,7,11,13H,5-6,8-10,12H2,1H3,(H,24,27)(H,22,23,25). The molecule has 1 aromatic heterocycles. The number of rotatable bonds is 6. The highest BCUT2D eigenvalue weighted by Crippen LogP contribution is 2.24. The quantitative estimate of drug-likeness (QED) is 0.812. The summed E-state index contributed by atoms with van der Waals surface area (Å²) in [6.45, 7) is 1.63. The molecule has 3 rings (SSSR count). The third-order valence-corrected chi connectivity index (χ3v) is 4.76. The second-order valence-corrected chi connectivity index (χ2v) is 6.64. The van der Waals surface area contributed by atoms with Gasteiger partial charge in [0.1, 0.15) is 17.5 Å². The number of amides is 1. The van der Waals surface area contributed by atoms with Gasteiger partial charge in [0.25, 0.3) is 0 Å². The van der Waals surface area contributed by atoms with Gasteiger partial charge in [-0.3, -0.25) is 4.79 Å². The first-order chi connectivity index (χ1) is 13.0. The lowest BCUT2D eigenvalue weighted by molar-refractivity contribution is -0.122. The Hall–Kier alpha value is -2.77. The molecule has 0 radical (unpaired) electrons. The van der Waals surface area contributed by atoms with Gasteiger partial charge in [-0.1, -0.05) is 0 Å². The maximum Gasteiger partial charge on any atom is 0.224 e. The van der Waals surface area contributed by atoms with E-state index in [0.717, 1.165) is 49.9 Å². The topological polar surface area (TPSA) is 70.2 Å². The Morgan fingerprint density at radius 2 is 2.04 bits per heavy atom. The summed E-state index contributed by atoms with van der Waals surface area (Å²) in [6.07, 6.45) is 3.86. The van der Waals surface area contributed by atoms with Crippen molar-refractivity contribution in [2.45, 2.75) is 25.8 Å². The van der Waals surface area contributed by atoms with Gasteiger partial charge in [-0.15, -0.1) is 0 Å². The molecular formula is C19H23F2N5O. The van der Waals surface area contributed by atoms with Crippen LogP contribution in [0.1, 0.15) is 24.8 Å². The molecule has 1 amide bonds. The summed E-state index contributed by atoms with van der Waals surface area (Å²) in [6, 6.07) is 5.11. The molecule has 6 nitrogen and oxygen atoms in total. The zero-order chi connectivity index (χ0) is 19.2. The van der Waals surface area contributed by atoms with Crippen molar-refractivity contribution < 1.29 is 13.6 Å². The van der Waals surface area contributed by atoms with Crippen LogP contribution in [0, 0.1) is 17.6 Å². The molecule has 1 aliphatic rings. The van der Waals surface area contributed by atoms with Crippen LogP contribution in [0.5, 0.6) is 0 Å². The van der Waals surface area contributed by atoms with Gasteiger partial charge >= 0.3 is 0 Å². The second-order valence-electron chi connectivity index (χ2n) is 6.64. The largest absolute Gasteiger partial charge is 0.357 e.